The molecule has 1 aromatic heterocycles. The molecule has 1 aromatic carbocycles. The van der Waals surface area contributed by atoms with Crippen molar-refractivity contribution < 1.29 is 13.9 Å². The predicted molar refractivity (Wildman–Crippen MR) is 116 cm³/mol. The topological polar surface area (TPSA) is 89.6 Å². The van der Waals surface area contributed by atoms with Crippen LogP contribution >= 0.6 is 35.8 Å². The number of thioether (sulfide) groups is 1. The molecule has 154 valence electrons. The van der Waals surface area contributed by atoms with Gasteiger partial charge in [-0.2, -0.15) is 0 Å². The normalized spacial score (nSPS) is 23.4. The second-order valence-electron chi connectivity index (χ2n) is 6.72. The molecular weight excluding hydrogens is 438 g/mol. The van der Waals surface area contributed by atoms with E-state index in [2.05, 4.69) is 15.3 Å². The fourth-order valence-corrected chi connectivity index (χ4v) is 4.68. The lowest BCUT2D eigenvalue weighted by atomic mass is 9.75. The number of amidine groups is 1. The molecule has 0 aliphatic carbocycles. The van der Waals surface area contributed by atoms with Crippen LogP contribution in [0.2, 0.25) is 5.02 Å². The highest BCUT2D eigenvalue weighted by Gasteiger charge is 2.47. The number of hydrogen-bond acceptors (Lipinski definition) is 6. The van der Waals surface area contributed by atoms with E-state index in [1.54, 1.807) is 12.1 Å². The summed E-state index contributed by atoms with van der Waals surface area (Å²) in [4.78, 5) is 21.1. The third-order valence-electron chi connectivity index (χ3n) is 5.01. The van der Waals surface area contributed by atoms with Gasteiger partial charge in [0.05, 0.1) is 17.2 Å². The Labute approximate surface area is 182 Å². The number of fused-ring (bicyclic) bond motifs is 1. The second-order valence-corrected chi connectivity index (χ2v) is 8.19. The lowest BCUT2D eigenvalue weighted by molar-refractivity contribution is 0.00886. The summed E-state index contributed by atoms with van der Waals surface area (Å²) >= 11 is 7.26. The fourth-order valence-electron chi connectivity index (χ4n) is 3.60. The quantitative estimate of drug-likeness (QED) is 0.731. The molecule has 3 heterocycles. The van der Waals surface area contributed by atoms with Gasteiger partial charge in [-0.1, -0.05) is 23.4 Å². The van der Waals surface area contributed by atoms with Crippen molar-refractivity contribution in [2.45, 2.75) is 12.0 Å². The van der Waals surface area contributed by atoms with Crippen LogP contribution in [0.15, 0.2) is 41.5 Å². The van der Waals surface area contributed by atoms with E-state index in [-0.39, 0.29) is 29.8 Å². The number of nitrogens with zero attached hydrogens (tertiary/aromatic N) is 2. The molecule has 6 nitrogen and oxygen atoms in total. The smallest absolute Gasteiger partial charge is 0.274 e. The first-order chi connectivity index (χ1) is 13.5. The average Bonchev–Trinajstić information content (AvgIpc) is 2.69. The maximum Gasteiger partial charge on any atom is 0.274 e. The summed E-state index contributed by atoms with van der Waals surface area (Å²) in [7, 11) is 0. The van der Waals surface area contributed by atoms with Gasteiger partial charge in [-0.15, -0.1) is 12.4 Å². The molecule has 1 fully saturated rings. The zero-order chi connectivity index (χ0) is 19.7. The van der Waals surface area contributed by atoms with Crippen molar-refractivity contribution in [3.8, 4) is 0 Å². The zero-order valence-corrected chi connectivity index (χ0v) is 17.6. The standard InChI is InChI=1S/C19H18ClFN4O2S.ClH/c20-12-1-4-16(23-8-12)17(26)24-13-2-3-15(21)14(7-13)19-5-6-27-9-11(19)10-28-18(22)25-19;/h1-4,7-8,11H,5-6,9-10H2,(H2,22,25)(H,24,26);1H/t11-,19-;/m0./s1. The number of halogens is 3. The molecule has 2 aliphatic rings. The minimum Gasteiger partial charge on any atom is -0.381 e. The number of carbonyl (C=O) groups is 1. The van der Waals surface area contributed by atoms with Gasteiger partial charge in [0.2, 0.25) is 0 Å². The number of amides is 1. The number of anilines is 1. The lowest BCUT2D eigenvalue weighted by Crippen LogP contribution is -2.47. The number of pyridine rings is 1. The molecule has 2 atom stereocenters. The van der Waals surface area contributed by atoms with E-state index in [0.717, 1.165) is 0 Å². The van der Waals surface area contributed by atoms with Crippen molar-refractivity contribution in [1.29, 1.82) is 0 Å². The molecule has 0 spiro atoms. The molecule has 0 saturated carbocycles. The Morgan fingerprint density at radius 1 is 1.38 bits per heavy atom. The average molecular weight is 457 g/mol. The Balaban J connectivity index is 0.00000240. The van der Waals surface area contributed by atoms with Crippen LogP contribution in [0, 0.1) is 11.7 Å². The first-order valence-corrected chi connectivity index (χ1v) is 10.1. The van der Waals surface area contributed by atoms with Crippen molar-refractivity contribution in [3.05, 3.63) is 58.6 Å². The zero-order valence-electron chi connectivity index (χ0n) is 15.2. The maximum atomic E-state index is 14.9. The van der Waals surface area contributed by atoms with Crippen LogP contribution in [0.1, 0.15) is 22.5 Å². The highest BCUT2D eigenvalue weighted by molar-refractivity contribution is 8.13. The monoisotopic (exact) mass is 456 g/mol. The first kappa shape index (κ1) is 21.8. The number of aromatic nitrogens is 1. The SMILES string of the molecule is Cl.NC1=N[C@@]2(c3cc(NC(=O)c4ccc(Cl)cn4)ccc3F)CCOC[C@H]2CS1. The van der Waals surface area contributed by atoms with Crippen molar-refractivity contribution in [1.82, 2.24) is 4.98 Å². The molecule has 1 saturated heterocycles. The van der Waals surface area contributed by atoms with Crippen LogP contribution in [0.5, 0.6) is 0 Å². The Kier molecular flexibility index (Phi) is 6.68. The van der Waals surface area contributed by atoms with Crippen molar-refractivity contribution in [2.24, 2.45) is 16.6 Å². The molecule has 2 aromatic rings. The number of hydrogen-bond donors (Lipinski definition) is 2. The highest BCUT2D eigenvalue weighted by atomic mass is 35.5. The summed E-state index contributed by atoms with van der Waals surface area (Å²) in [6.07, 6.45) is 1.93. The molecule has 2 aliphatic heterocycles. The third kappa shape index (κ3) is 4.35. The molecule has 3 N–H and O–H groups in total. The Bertz CT molecular complexity index is 944. The molecule has 10 heteroatoms. The van der Waals surface area contributed by atoms with E-state index in [9.17, 15) is 9.18 Å². The largest absolute Gasteiger partial charge is 0.381 e. The number of aliphatic imine (C=N–C) groups is 1. The van der Waals surface area contributed by atoms with Gasteiger partial charge in [-0.05, 0) is 30.3 Å². The van der Waals surface area contributed by atoms with Crippen molar-refractivity contribution in [3.63, 3.8) is 0 Å². The Hall–Kier alpha value is -1.87. The summed E-state index contributed by atoms with van der Waals surface area (Å²) in [5.74, 6) is -0.0626. The van der Waals surface area contributed by atoms with Gasteiger partial charge in [0.25, 0.3) is 5.91 Å². The molecule has 0 bridgehead atoms. The molecule has 0 unspecified atom stereocenters. The van der Waals surface area contributed by atoms with Gasteiger partial charge in [0.15, 0.2) is 5.17 Å². The third-order valence-corrected chi connectivity index (χ3v) is 6.19. The number of ether oxygens (including phenoxy) is 1. The predicted octanol–water partition coefficient (Wildman–Crippen LogP) is 3.84. The molecule has 29 heavy (non-hydrogen) atoms. The van der Waals surface area contributed by atoms with Gasteiger partial charge in [-0.3, -0.25) is 9.79 Å². The molecule has 4 rings (SSSR count). The minimum absolute atomic E-state index is 0. The van der Waals surface area contributed by atoms with Crippen LogP contribution in [-0.4, -0.2) is 35.0 Å². The summed E-state index contributed by atoms with van der Waals surface area (Å²) in [6, 6.07) is 7.60. The molecular formula is C19H19Cl2FN4O2S. The molecule has 0 radical (unpaired) electrons. The number of nitrogens with two attached hydrogens (primary N) is 1. The van der Waals surface area contributed by atoms with Crippen LogP contribution in [0.25, 0.3) is 0 Å². The van der Waals surface area contributed by atoms with E-state index in [4.69, 9.17) is 22.1 Å². The number of carbonyl (C=O) groups excluding carboxylic acids is 1. The lowest BCUT2D eigenvalue weighted by Gasteiger charge is -2.44. The summed E-state index contributed by atoms with van der Waals surface area (Å²) in [5.41, 5.74) is 6.30. The van der Waals surface area contributed by atoms with E-state index < -0.39 is 11.4 Å². The van der Waals surface area contributed by atoms with E-state index >= 15 is 0 Å². The van der Waals surface area contributed by atoms with Gasteiger partial charge in [0, 0.05) is 42.1 Å². The maximum absolute atomic E-state index is 14.9. The van der Waals surface area contributed by atoms with Crippen molar-refractivity contribution >= 4 is 52.5 Å². The van der Waals surface area contributed by atoms with Crippen LogP contribution in [0.4, 0.5) is 10.1 Å². The Morgan fingerprint density at radius 3 is 2.97 bits per heavy atom. The number of nitrogens with one attached hydrogen (secondary N) is 1. The minimum atomic E-state index is -0.781. The summed E-state index contributed by atoms with van der Waals surface area (Å²) in [5, 5.41) is 3.64. The fraction of sp³-hybridized carbons (Fsp3) is 0.316. The number of benzene rings is 1. The van der Waals surface area contributed by atoms with Crippen LogP contribution in [-0.2, 0) is 10.3 Å². The van der Waals surface area contributed by atoms with Gasteiger partial charge < -0.3 is 15.8 Å². The molecule has 1 amide bonds. The second kappa shape index (κ2) is 8.87. The van der Waals surface area contributed by atoms with E-state index in [0.29, 0.717) is 46.8 Å². The van der Waals surface area contributed by atoms with Gasteiger partial charge >= 0.3 is 0 Å². The Morgan fingerprint density at radius 2 is 2.21 bits per heavy atom. The summed E-state index contributed by atoms with van der Waals surface area (Å²) < 4.78 is 20.4. The number of rotatable bonds is 3. The van der Waals surface area contributed by atoms with Gasteiger partial charge in [0.1, 0.15) is 11.5 Å². The van der Waals surface area contributed by atoms with Crippen LogP contribution < -0.4 is 11.1 Å². The first-order valence-electron chi connectivity index (χ1n) is 8.77. The summed E-state index contributed by atoms with van der Waals surface area (Å²) in [6.45, 7) is 0.969. The van der Waals surface area contributed by atoms with Gasteiger partial charge in [-0.25, -0.2) is 9.37 Å². The van der Waals surface area contributed by atoms with E-state index in [1.165, 1.54) is 36.2 Å². The van der Waals surface area contributed by atoms with E-state index in [1.807, 2.05) is 0 Å². The highest BCUT2D eigenvalue weighted by Crippen LogP contribution is 2.46. The van der Waals surface area contributed by atoms with Crippen molar-refractivity contribution in [2.75, 3.05) is 24.3 Å². The van der Waals surface area contributed by atoms with Crippen LogP contribution in [0.3, 0.4) is 0 Å².